The number of hydrogen-bond acceptors (Lipinski definition) is 6. The van der Waals surface area contributed by atoms with Gasteiger partial charge in [0, 0.05) is 18.4 Å². The molecule has 0 amide bonds. The highest BCUT2D eigenvalue weighted by Crippen LogP contribution is 2.23. The fourth-order valence-electron chi connectivity index (χ4n) is 2.96. The van der Waals surface area contributed by atoms with Gasteiger partial charge in [0.2, 0.25) is 0 Å². The first-order valence-corrected chi connectivity index (χ1v) is 10.6. The topological polar surface area (TPSA) is 109 Å². The quantitative estimate of drug-likeness (QED) is 0.645. The van der Waals surface area contributed by atoms with Crippen molar-refractivity contribution in [2.24, 2.45) is 0 Å². The van der Waals surface area contributed by atoms with Crippen LogP contribution in [0.5, 0.6) is 0 Å². The minimum absolute atomic E-state index is 0.127. The third kappa shape index (κ3) is 5.33. The van der Waals surface area contributed by atoms with E-state index in [0.717, 1.165) is 11.3 Å². The minimum atomic E-state index is -3.77. The Hall–Kier alpha value is -2.91. The van der Waals surface area contributed by atoms with E-state index in [1.54, 1.807) is 54.7 Å². The second kappa shape index (κ2) is 9.06. The van der Waals surface area contributed by atoms with Gasteiger partial charge in [0.15, 0.2) is 0 Å². The summed E-state index contributed by atoms with van der Waals surface area (Å²) in [5.74, 6) is -0.596. The average molecular weight is 417 g/mol. The number of aromatic nitrogens is 1. The lowest BCUT2D eigenvalue weighted by Gasteiger charge is -2.23. The summed E-state index contributed by atoms with van der Waals surface area (Å²) in [5, 5.41) is 8.83. The molecular formula is C20H23N3O5S. The van der Waals surface area contributed by atoms with Gasteiger partial charge in [0.05, 0.1) is 11.3 Å². The molecule has 0 unspecified atom stereocenters. The van der Waals surface area contributed by atoms with Crippen molar-refractivity contribution in [3.8, 4) is 0 Å². The van der Waals surface area contributed by atoms with E-state index in [4.69, 9.17) is 9.94 Å². The summed E-state index contributed by atoms with van der Waals surface area (Å²) >= 11 is 0. The van der Waals surface area contributed by atoms with Crippen molar-refractivity contribution < 1.29 is 23.2 Å². The van der Waals surface area contributed by atoms with Gasteiger partial charge in [0.1, 0.15) is 11.9 Å². The number of nitrogens with one attached hydrogen (secondary N) is 1. The molecule has 1 aliphatic rings. The number of allylic oxidation sites excluding steroid dienone is 1. The van der Waals surface area contributed by atoms with E-state index >= 15 is 0 Å². The van der Waals surface area contributed by atoms with Crippen molar-refractivity contribution in [3.63, 3.8) is 0 Å². The number of benzene rings is 1. The number of aryl methyl sites for hydroxylation is 1. The van der Waals surface area contributed by atoms with Crippen LogP contribution in [0.1, 0.15) is 24.8 Å². The van der Waals surface area contributed by atoms with Gasteiger partial charge in [-0.05, 0) is 50.1 Å². The van der Waals surface area contributed by atoms with Gasteiger partial charge in [-0.1, -0.05) is 23.8 Å². The van der Waals surface area contributed by atoms with Crippen LogP contribution in [0, 0.1) is 6.92 Å². The van der Waals surface area contributed by atoms with Gasteiger partial charge in [-0.25, -0.2) is 17.7 Å². The molecule has 1 aromatic heterocycles. The molecule has 1 aliphatic heterocycles. The number of carbonyl (C=O) groups is 1. The minimum Gasteiger partial charge on any atom is -0.481 e. The van der Waals surface area contributed by atoms with Crippen molar-refractivity contribution in [2.75, 3.05) is 10.8 Å². The molecule has 0 saturated heterocycles. The lowest BCUT2D eigenvalue weighted by atomic mass is 10.2. The number of carboxylic acids is 1. The van der Waals surface area contributed by atoms with E-state index in [1.807, 2.05) is 6.92 Å². The molecule has 3 rings (SSSR count). The standard InChI is InChI=1S/C20H23N3O5S/c1-15-7-9-18(10-8-15)29(26,27)23(19-6-2-3-11-21-19)12-4-5-16-13-17(28-22-16)14-20(24)25/h2-3,6-11,13,17,22H,4-5,12,14H2,1H3,(H,24,25)/t17-/m1/s1. The number of rotatable bonds is 9. The Kier molecular flexibility index (Phi) is 6.50. The number of hydrogen-bond donors (Lipinski definition) is 2. The predicted octanol–water partition coefficient (Wildman–Crippen LogP) is 2.63. The van der Waals surface area contributed by atoms with Crippen LogP contribution in [0.2, 0.25) is 0 Å². The lowest BCUT2D eigenvalue weighted by molar-refractivity contribution is -0.139. The summed E-state index contributed by atoms with van der Waals surface area (Å²) in [4.78, 5) is 20.4. The second-order valence-electron chi connectivity index (χ2n) is 6.73. The molecule has 0 spiro atoms. The fraction of sp³-hybridized carbons (Fsp3) is 0.300. The Morgan fingerprint density at radius 2 is 2.00 bits per heavy atom. The van der Waals surface area contributed by atoms with E-state index < -0.39 is 22.1 Å². The predicted molar refractivity (Wildman–Crippen MR) is 108 cm³/mol. The Morgan fingerprint density at radius 3 is 2.66 bits per heavy atom. The van der Waals surface area contributed by atoms with Crippen molar-refractivity contribution in [2.45, 2.75) is 37.2 Å². The number of sulfonamides is 1. The third-order valence-electron chi connectivity index (χ3n) is 4.43. The molecule has 0 aliphatic carbocycles. The summed E-state index contributed by atoms with van der Waals surface area (Å²) in [6, 6.07) is 11.8. The molecule has 0 fully saturated rings. The molecule has 9 heteroatoms. The molecule has 154 valence electrons. The van der Waals surface area contributed by atoms with Gasteiger partial charge in [0.25, 0.3) is 10.0 Å². The molecule has 29 heavy (non-hydrogen) atoms. The molecule has 2 aromatic rings. The maximum Gasteiger partial charge on any atom is 0.306 e. The maximum absolute atomic E-state index is 13.2. The molecular weight excluding hydrogens is 394 g/mol. The Balaban J connectivity index is 1.74. The van der Waals surface area contributed by atoms with Crippen LogP contribution in [0.4, 0.5) is 5.82 Å². The fourth-order valence-corrected chi connectivity index (χ4v) is 4.42. The maximum atomic E-state index is 13.2. The highest BCUT2D eigenvalue weighted by molar-refractivity contribution is 7.92. The normalized spacial score (nSPS) is 16.2. The number of hydroxylamine groups is 1. The zero-order valence-corrected chi connectivity index (χ0v) is 16.8. The first-order valence-electron chi connectivity index (χ1n) is 9.21. The Bertz CT molecular complexity index is 975. The number of anilines is 1. The first-order chi connectivity index (χ1) is 13.9. The Labute approximate surface area is 169 Å². The summed E-state index contributed by atoms with van der Waals surface area (Å²) in [6.45, 7) is 2.12. The molecule has 1 atom stereocenters. The zero-order chi connectivity index (χ0) is 20.9. The van der Waals surface area contributed by atoms with E-state index in [1.165, 1.54) is 4.31 Å². The molecule has 0 radical (unpaired) electrons. The van der Waals surface area contributed by atoms with Gasteiger partial charge in [-0.2, -0.15) is 0 Å². The SMILES string of the molecule is Cc1ccc(S(=O)(=O)N(CCCC2=C[C@H](CC(=O)O)ON2)c2ccccn2)cc1. The second-order valence-corrected chi connectivity index (χ2v) is 8.59. The van der Waals surface area contributed by atoms with Crippen LogP contribution in [0.3, 0.4) is 0 Å². The van der Waals surface area contributed by atoms with Gasteiger partial charge in [-0.15, -0.1) is 0 Å². The van der Waals surface area contributed by atoms with E-state index in [2.05, 4.69) is 10.5 Å². The van der Waals surface area contributed by atoms with Crippen LogP contribution in [0.15, 0.2) is 65.3 Å². The van der Waals surface area contributed by atoms with Gasteiger partial charge >= 0.3 is 5.97 Å². The largest absolute Gasteiger partial charge is 0.481 e. The molecule has 1 aromatic carbocycles. The average Bonchev–Trinajstić information content (AvgIpc) is 3.12. The highest BCUT2D eigenvalue weighted by atomic mass is 32.2. The number of nitrogens with zero attached hydrogens (tertiary/aromatic N) is 2. The van der Waals surface area contributed by atoms with E-state index in [0.29, 0.717) is 18.7 Å². The van der Waals surface area contributed by atoms with E-state index in [-0.39, 0.29) is 17.9 Å². The van der Waals surface area contributed by atoms with Gasteiger partial charge < -0.3 is 5.11 Å². The van der Waals surface area contributed by atoms with Crippen LogP contribution < -0.4 is 9.79 Å². The van der Waals surface area contributed by atoms with Crippen LogP contribution in [0.25, 0.3) is 0 Å². The molecule has 8 nitrogen and oxygen atoms in total. The van der Waals surface area contributed by atoms with Crippen molar-refractivity contribution in [1.29, 1.82) is 0 Å². The third-order valence-corrected chi connectivity index (χ3v) is 6.24. The highest BCUT2D eigenvalue weighted by Gasteiger charge is 2.26. The number of carboxylic acid groups (broad SMARTS) is 1. The monoisotopic (exact) mass is 417 g/mol. The zero-order valence-electron chi connectivity index (χ0n) is 16.0. The molecule has 2 N–H and O–H groups in total. The Morgan fingerprint density at radius 1 is 1.24 bits per heavy atom. The smallest absolute Gasteiger partial charge is 0.306 e. The lowest BCUT2D eigenvalue weighted by Crippen LogP contribution is -2.33. The van der Waals surface area contributed by atoms with Gasteiger partial charge in [-0.3, -0.25) is 15.1 Å². The first kappa shape index (κ1) is 20.8. The van der Waals surface area contributed by atoms with Crippen LogP contribution in [-0.4, -0.2) is 37.1 Å². The summed E-state index contributed by atoms with van der Waals surface area (Å²) < 4.78 is 27.7. The number of aliphatic carboxylic acids is 1. The van der Waals surface area contributed by atoms with Crippen molar-refractivity contribution in [1.82, 2.24) is 10.5 Å². The van der Waals surface area contributed by atoms with Crippen molar-refractivity contribution >= 4 is 21.8 Å². The molecule has 0 bridgehead atoms. The summed E-state index contributed by atoms with van der Waals surface area (Å²) in [7, 11) is -3.77. The van der Waals surface area contributed by atoms with Crippen LogP contribution >= 0.6 is 0 Å². The molecule has 2 heterocycles. The summed E-state index contributed by atoms with van der Waals surface area (Å²) in [5.41, 5.74) is 4.43. The number of pyridine rings is 1. The summed E-state index contributed by atoms with van der Waals surface area (Å²) in [6.07, 6.45) is 3.64. The van der Waals surface area contributed by atoms with Crippen molar-refractivity contribution in [3.05, 3.63) is 66.0 Å². The molecule has 0 saturated carbocycles. The van der Waals surface area contributed by atoms with Crippen LogP contribution in [-0.2, 0) is 19.7 Å². The van der Waals surface area contributed by atoms with E-state index in [9.17, 15) is 13.2 Å².